The van der Waals surface area contributed by atoms with E-state index in [0.29, 0.717) is 28.1 Å². The number of nitrogens with zero attached hydrogens (tertiary/aromatic N) is 1. The summed E-state index contributed by atoms with van der Waals surface area (Å²) in [5.74, 6) is -0.0365. The molecule has 7 heteroatoms. The van der Waals surface area contributed by atoms with Crippen LogP contribution in [0.5, 0.6) is 0 Å². The highest BCUT2D eigenvalue weighted by Crippen LogP contribution is 2.20. The number of aryl methyl sites for hydroxylation is 1. The fraction of sp³-hybridized carbons (Fsp3) is 0.286. The lowest BCUT2D eigenvalue weighted by molar-refractivity contribution is -0.116. The Kier molecular flexibility index (Phi) is 6.65. The van der Waals surface area contributed by atoms with Crippen molar-refractivity contribution in [2.24, 2.45) is 0 Å². The average Bonchev–Trinajstić information content (AvgIpc) is 2.66. The number of hydrogen-bond acceptors (Lipinski definition) is 3. The van der Waals surface area contributed by atoms with Crippen molar-refractivity contribution in [2.75, 3.05) is 5.32 Å². The number of para-hydroxylation sites is 1. The van der Waals surface area contributed by atoms with Gasteiger partial charge in [0.1, 0.15) is 0 Å². The molecule has 1 aromatic heterocycles. The van der Waals surface area contributed by atoms with E-state index in [1.165, 1.54) is 0 Å². The van der Waals surface area contributed by atoms with Crippen molar-refractivity contribution < 1.29 is 4.79 Å². The molecule has 3 aromatic rings. The molecule has 0 bridgehead atoms. The van der Waals surface area contributed by atoms with Crippen LogP contribution < -0.4 is 10.9 Å². The first-order valence-corrected chi connectivity index (χ1v) is 10.0. The third-order valence-corrected chi connectivity index (χ3v) is 5.21. The fourth-order valence-electron chi connectivity index (χ4n) is 3.08. The number of carbonyl (C=O) groups is 1. The van der Waals surface area contributed by atoms with Gasteiger partial charge in [0.05, 0.1) is 10.9 Å². The number of unbranched alkanes of at least 4 members (excludes halogenated alkanes) is 2. The molecule has 0 spiro atoms. The van der Waals surface area contributed by atoms with Gasteiger partial charge in [-0.2, -0.15) is 0 Å². The summed E-state index contributed by atoms with van der Waals surface area (Å²) in [4.78, 5) is 27.8. The number of carbonyl (C=O) groups excluding carboxylic acids is 1. The monoisotopic (exact) mass is 415 g/mol. The number of aromatic amines is 1. The van der Waals surface area contributed by atoms with Crippen molar-refractivity contribution in [3.8, 4) is 0 Å². The SMILES string of the molecule is Cc1ccc(Cl)cc1NC(=O)CCCCCn1c(=S)[nH]c2ccccc2c1=O. The van der Waals surface area contributed by atoms with E-state index >= 15 is 0 Å². The van der Waals surface area contributed by atoms with E-state index in [9.17, 15) is 9.59 Å². The van der Waals surface area contributed by atoms with E-state index in [0.717, 1.165) is 36.0 Å². The first-order chi connectivity index (χ1) is 13.5. The number of halogens is 1. The molecule has 146 valence electrons. The number of hydrogen-bond donors (Lipinski definition) is 2. The zero-order valence-electron chi connectivity index (χ0n) is 15.6. The average molecular weight is 416 g/mol. The largest absolute Gasteiger partial charge is 0.332 e. The standard InChI is InChI=1S/C21H22ClN3O2S/c1-14-10-11-15(22)13-18(14)23-19(26)9-3-2-6-12-25-20(27)16-7-4-5-8-17(16)24-21(25)28/h4-5,7-8,10-11,13H,2-3,6,9,12H2,1H3,(H,23,26)(H,24,28). The van der Waals surface area contributed by atoms with Gasteiger partial charge in [-0.15, -0.1) is 0 Å². The van der Waals surface area contributed by atoms with Crippen LogP contribution in [-0.4, -0.2) is 15.5 Å². The van der Waals surface area contributed by atoms with Gasteiger partial charge in [-0.05, 0) is 61.8 Å². The summed E-state index contributed by atoms with van der Waals surface area (Å²) in [6.45, 7) is 2.46. The summed E-state index contributed by atoms with van der Waals surface area (Å²) in [7, 11) is 0. The number of fused-ring (bicyclic) bond motifs is 1. The first kappa shape index (κ1) is 20.3. The molecule has 0 saturated heterocycles. The number of rotatable bonds is 7. The Morgan fingerprint density at radius 3 is 2.79 bits per heavy atom. The highest BCUT2D eigenvalue weighted by molar-refractivity contribution is 7.71. The second kappa shape index (κ2) is 9.17. The Labute approximate surface area is 173 Å². The summed E-state index contributed by atoms with van der Waals surface area (Å²) in [5.41, 5.74) is 2.39. The van der Waals surface area contributed by atoms with E-state index in [2.05, 4.69) is 10.3 Å². The number of aromatic nitrogens is 2. The molecule has 28 heavy (non-hydrogen) atoms. The topological polar surface area (TPSA) is 66.9 Å². The van der Waals surface area contributed by atoms with Crippen LogP contribution in [0.4, 0.5) is 5.69 Å². The Morgan fingerprint density at radius 1 is 1.18 bits per heavy atom. The Bertz CT molecular complexity index is 1120. The Hall–Kier alpha value is -2.44. The quantitative estimate of drug-likeness (QED) is 0.410. The van der Waals surface area contributed by atoms with Gasteiger partial charge in [-0.3, -0.25) is 14.2 Å². The fourth-order valence-corrected chi connectivity index (χ4v) is 3.53. The summed E-state index contributed by atoms with van der Waals surface area (Å²) in [6.07, 6.45) is 2.77. The third kappa shape index (κ3) is 4.88. The molecule has 0 aliphatic carbocycles. The number of anilines is 1. The van der Waals surface area contributed by atoms with Gasteiger partial charge in [0.15, 0.2) is 4.77 Å². The lowest BCUT2D eigenvalue weighted by Gasteiger charge is -2.09. The Morgan fingerprint density at radius 2 is 1.96 bits per heavy atom. The van der Waals surface area contributed by atoms with Crippen molar-refractivity contribution >= 4 is 46.3 Å². The van der Waals surface area contributed by atoms with Crippen LogP contribution in [0.3, 0.4) is 0 Å². The van der Waals surface area contributed by atoms with Gasteiger partial charge in [-0.25, -0.2) is 0 Å². The van der Waals surface area contributed by atoms with Crippen molar-refractivity contribution in [3.05, 3.63) is 68.2 Å². The molecule has 1 heterocycles. The number of benzene rings is 2. The van der Waals surface area contributed by atoms with Crippen LogP contribution in [0.1, 0.15) is 31.2 Å². The molecule has 0 radical (unpaired) electrons. The number of amides is 1. The number of nitrogens with one attached hydrogen (secondary N) is 2. The zero-order chi connectivity index (χ0) is 20.1. The van der Waals surface area contributed by atoms with Crippen LogP contribution in [0.2, 0.25) is 5.02 Å². The molecule has 3 rings (SSSR count). The maximum absolute atomic E-state index is 12.6. The third-order valence-electron chi connectivity index (χ3n) is 4.65. The van der Waals surface area contributed by atoms with E-state index in [4.69, 9.17) is 23.8 Å². The minimum absolute atomic E-state index is 0.0365. The molecule has 1 amide bonds. The molecular weight excluding hydrogens is 394 g/mol. The first-order valence-electron chi connectivity index (χ1n) is 9.23. The molecule has 0 unspecified atom stereocenters. The van der Waals surface area contributed by atoms with Crippen LogP contribution in [0, 0.1) is 11.7 Å². The van der Waals surface area contributed by atoms with Gasteiger partial charge in [0.25, 0.3) is 5.56 Å². The maximum atomic E-state index is 12.6. The maximum Gasteiger partial charge on any atom is 0.262 e. The lowest BCUT2D eigenvalue weighted by Crippen LogP contribution is -2.22. The molecule has 0 fully saturated rings. The van der Waals surface area contributed by atoms with Gasteiger partial charge in [-0.1, -0.05) is 36.2 Å². The van der Waals surface area contributed by atoms with Crippen LogP contribution in [0.25, 0.3) is 10.9 Å². The molecule has 0 aliphatic rings. The summed E-state index contributed by atoms with van der Waals surface area (Å²) >= 11 is 11.3. The van der Waals surface area contributed by atoms with E-state index in [1.807, 2.05) is 31.2 Å². The van der Waals surface area contributed by atoms with Gasteiger partial charge in [0, 0.05) is 23.7 Å². The summed E-state index contributed by atoms with van der Waals surface area (Å²) in [6, 6.07) is 12.8. The van der Waals surface area contributed by atoms with Crippen LogP contribution >= 0.6 is 23.8 Å². The van der Waals surface area contributed by atoms with Crippen molar-refractivity contribution in [3.63, 3.8) is 0 Å². The van der Waals surface area contributed by atoms with Crippen molar-refractivity contribution in [2.45, 2.75) is 39.2 Å². The molecule has 2 N–H and O–H groups in total. The van der Waals surface area contributed by atoms with Crippen LogP contribution in [-0.2, 0) is 11.3 Å². The highest BCUT2D eigenvalue weighted by Gasteiger charge is 2.07. The smallest absolute Gasteiger partial charge is 0.262 e. The predicted molar refractivity (Wildman–Crippen MR) is 117 cm³/mol. The molecular formula is C21H22ClN3O2S. The van der Waals surface area contributed by atoms with E-state index in [-0.39, 0.29) is 11.5 Å². The molecule has 5 nitrogen and oxygen atoms in total. The highest BCUT2D eigenvalue weighted by atomic mass is 35.5. The second-order valence-corrected chi connectivity index (χ2v) is 7.57. The van der Waals surface area contributed by atoms with Crippen molar-refractivity contribution in [1.82, 2.24) is 9.55 Å². The molecule has 0 aliphatic heterocycles. The van der Waals surface area contributed by atoms with E-state index < -0.39 is 0 Å². The minimum Gasteiger partial charge on any atom is -0.332 e. The van der Waals surface area contributed by atoms with Crippen molar-refractivity contribution in [1.29, 1.82) is 0 Å². The lowest BCUT2D eigenvalue weighted by atomic mass is 10.1. The van der Waals surface area contributed by atoms with Gasteiger partial charge < -0.3 is 10.3 Å². The number of H-pyrrole nitrogens is 1. The Balaban J connectivity index is 1.51. The molecule has 2 aromatic carbocycles. The van der Waals surface area contributed by atoms with Gasteiger partial charge >= 0.3 is 0 Å². The summed E-state index contributed by atoms with van der Waals surface area (Å²) < 4.78 is 2.02. The zero-order valence-corrected chi connectivity index (χ0v) is 17.2. The second-order valence-electron chi connectivity index (χ2n) is 6.75. The normalized spacial score (nSPS) is 10.9. The van der Waals surface area contributed by atoms with Crippen LogP contribution in [0.15, 0.2) is 47.3 Å². The van der Waals surface area contributed by atoms with E-state index in [1.54, 1.807) is 22.8 Å². The summed E-state index contributed by atoms with van der Waals surface area (Å²) in [5, 5.41) is 4.13. The minimum atomic E-state index is -0.0754. The van der Waals surface area contributed by atoms with Gasteiger partial charge in [0.2, 0.25) is 5.91 Å². The molecule has 0 atom stereocenters. The predicted octanol–water partition coefficient (Wildman–Crippen LogP) is 5.22. The molecule has 0 saturated carbocycles.